The van der Waals surface area contributed by atoms with E-state index in [1.807, 2.05) is 0 Å². The highest BCUT2D eigenvalue weighted by molar-refractivity contribution is 5.75. The Bertz CT molecular complexity index is 142. The summed E-state index contributed by atoms with van der Waals surface area (Å²) in [5, 5.41) is 8.44. The first kappa shape index (κ1) is 13.2. The molecule has 3 heteroatoms. The molecule has 1 rings (SSSR count). The van der Waals surface area contributed by atoms with Gasteiger partial charge < -0.3 is 5.11 Å². The molecule has 1 N–H and O–H groups in total. The quantitative estimate of drug-likeness (QED) is 0.698. The van der Waals surface area contributed by atoms with Gasteiger partial charge in [0.1, 0.15) is 0 Å². The fourth-order valence-corrected chi connectivity index (χ4v) is 2.02. The summed E-state index contributed by atoms with van der Waals surface area (Å²) in [6.45, 7) is 0. The van der Waals surface area contributed by atoms with Gasteiger partial charge in [-0.2, -0.15) is 0 Å². The third kappa shape index (κ3) is 6.33. The van der Waals surface area contributed by atoms with Crippen LogP contribution in [0.25, 0.3) is 0 Å². The van der Waals surface area contributed by atoms with Crippen molar-refractivity contribution >= 4 is 29.0 Å². The van der Waals surface area contributed by atoms with Gasteiger partial charge in [0.25, 0.3) is 0 Å². The van der Waals surface area contributed by atoms with E-state index in [4.69, 9.17) is 5.11 Å². The minimum Gasteiger partial charge on any atom is -0.481 e. The van der Waals surface area contributed by atoms with Crippen molar-refractivity contribution in [3.63, 3.8) is 0 Å². The Morgan fingerprint density at radius 2 is 1.85 bits per heavy atom. The number of carbonyl (C=O) groups is 1. The molecule has 0 bridgehead atoms. The van der Waals surface area contributed by atoms with E-state index >= 15 is 0 Å². The zero-order chi connectivity index (χ0) is 8.81. The summed E-state index contributed by atoms with van der Waals surface area (Å²) in [4.78, 5) is 10.2. The normalized spacial score (nSPS) is 17.8. The minimum absolute atomic E-state index is 0. The van der Waals surface area contributed by atoms with Gasteiger partial charge in [-0.3, -0.25) is 4.79 Å². The molecule has 1 aliphatic carbocycles. The van der Waals surface area contributed by atoms with Crippen LogP contribution in [0.2, 0.25) is 0 Å². The number of hydrogen-bond donors (Lipinski definition) is 1. The predicted octanol–water partition coefficient (Wildman–Crippen LogP) is 2.44. The number of carboxylic acid groups (broad SMARTS) is 1. The number of aliphatic carboxylic acids is 1. The summed E-state index contributed by atoms with van der Waals surface area (Å²) in [5.41, 5.74) is 0. The monoisotopic (exact) mass is 194 g/mol. The van der Waals surface area contributed by atoms with E-state index in [1.54, 1.807) is 0 Å². The maximum atomic E-state index is 10.2. The summed E-state index contributed by atoms with van der Waals surface area (Å²) in [6.07, 6.45) is 9.13. The molecule has 1 fully saturated rings. The summed E-state index contributed by atoms with van der Waals surface area (Å²) in [5.74, 6) is 0.184. The molecule has 2 nitrogen and oxygen atoms in total. The van der Waals surface area contributed by atoms with E-state index in [-0.39, 0.29) is 23.1 Å². The molecule has 1 aliphatic rings. The molecule has 0 amide bonds. The smallest absolute Gasteiger partial charge is 0.303 e. The molecule has 2 radical (unpaired) electrons. The molecule has 0 aliphatic heterocycles. The average molecular weight is 195 g/mol. The molecule has 0 aromatic rings. The third-order valence-electron chi connectivity index (χ3n) is 2.73. The Labute approximate surface area is 96.2 Å². The molecule has 0 saturated heterocycles. The molecule has 0 unspecified atom stereocenters. The van der Waals surface area contributed by atoms with E-state index in [1.165, 1.54) is 32.1 Å². The average Bonchev–Trinajstić information content (AvgIpc) is 2.05. The summed E-state index contributed by atoms with van der Waals surface area (Å²) in [6, 6.07) is 0. The Morgan fingerprint density at radius 1 is 1.23 bits per heavy atom. The Morgan fingerprint density at radius 3 is 2.38 bits per heavy atom. The van der Waals surface area contributed by atoms with Gasteiger partial charge in [0, 0.05) is 29.5 Å². The van der Waals surface area contributed by atoms with Gasteiger partial charge in [-0.25, -0.2) is 0 Å². The molecule has 72 valence electrons. The van der Waals surface area contributed by atoms with Gasteiger partial charge in [0.15, 0.2) is 0 Å². The number of rotatable bonds is 4. The lowest BCUT2D eigenvalue weighted by atomic mass is 9.86. The zero-order valence-corrected chi connectivity index (χ0v) is 9.71. The van der Waals surface area contributed by atoms with Crippen LogP contribution in [0.1, 0.15) is 51.4 Å². The first-order valence-corrected chi connectivity index (χ1v) is 5.01. The standard InChI is InChI=1S/C10H18O2.Mg/c11-10(12)8-4-7-9-5-2-1-3-6-9;/h9H,1-8H2,(H,11,12);. The highest BCUT2D eigenvalue weighted by Crippen LogP contribution is 2.27. The molecular formula is C10H18MgO2. The third-order valence-corrected chi connectivity index (χ3v) is 2.73. The predicted molar refractivity (Wildman–Crippen MR) is 53.8 cm³/mol. The fourth-order valence-electron chi connectivity index (χ4n) is 2.02. The van der Waals surface area contributed by atoms with Crippen LogP contribution in [0.5, 0.6) is 0 Å². The topological polar surface area (TPSA) is 37.3 Å². The molecule has 0 aromatic carbocycles. The molecule has 13 heavy (non-hydrogen) atoms. The van der Waals surface area contributed by atoms with Crippen LogP contribution >= 0.6 is 0 Å². The van der Waals surface area contributed by atoms with Crippen molar-refractivity contribution in [2.75, 3.05) is 0 Å². The van der Waals surface area contributed by atoms with E-state index in [0.29, 0.717) is 6.42 Å². The SMILES string of the molecule is O=C(O)CCCC1CCCCC1.[Mg]. The molecule has 0 aromatic heterocycles. The molecule has 0 spiro atoms. The minimum atomic E-state index is -0.647. The zero-order valence-electron chi connectivity index (χ0n) is 8.30. The first-order chi connectivity index (χ1) is 5.79. The van der Waals surface area contributed by atoms with Gasteiger partial charge in [0.05, 0.1) is 0 Å². The van der Waals surface area contributed by atoms with Crippen molar-refractivity contribution in [2.45, 2.75) is 51.4 Å². The Balaban J connectivity index is 0.00000144. The van der Waals surface area contributed by atoms with Gasteiger partial charge in [-0.15, -0.1) is 0 Å². The van der Waals surface area contributed by atoms with Crippen LogP contribution in [0, 0.1) is 5.92 Å². The Hall–Kier alpha value is 0.236. The van der Waals surface area contributed by atoms with E-state index in [2.05, 4.69) is 0 Å². The van der Waals surface area contributed by atoms with Crippen molar-refractivity contribution in [1.29, 1.82) is 0 Å². The lowest BCUT2D eigenvalue weighted by Gasteiger charge is -2.20. The summed E-state index contributed by atoms with van der Waals surface area (Å²) >= 11 is 0. The molecule has 1 saturated carbocycles. The van der Waals surface area contributed by atoms with Crippen molar-refractivity contribution in [2.24, 2.45) is 5.92 Å². The first-order valence-electron chi connectivity index (χ1n) is 5.01. The highest BCUT2D eigenvalue weighted by atomic mass is 24.3. The second-order valence-electron chi connectivity index (χ2n) is 3.79. The second kappa shape index (κ2) is 7.62. The van der Waals surface area contributed by atoms with Crippen molar-refractivity contribution in [1.82, 2.24) is 0 Å². The fraction of sp³-hybridized carbons (Fsp3) is 0.900. The molecular weight excluding hydrogens is 176 g/mol. The number of carboxylic acids is 1. The van der Waals surface area contributed by atoms with Crippen molar-refractivity contribution in [3.05, 3.63) is 0 Å². The van der Waals surface area contributed by atoms with E-state index in [9.17, 15) is 4.79 Å². The van der Waals surface area contributed by atoms with E-state index in [0.717, 1.165) is 18.8 Å². The van der Waals surface area contributed by atoms with Gasteiger partial charge in [0.2, 0.25) is 0 Å². The molecule has 0 atom stereocenters. The van der Waals surface area contributed by atoms with Crippen molar-refractivity contribution in [3.8, 4) is 0 Å². The maximum absolute atomic E-state index is 10.2. The van der Waals surface area contributed by atoms with Crippen LogP contribution in [-0.2, 0) is 4.79 Å². The summed E-state index contributed by atoms with van der Waals surface area (Å²) < 4.78 is 0. The molecule has 0 heterocycles. The van der Waals surface area contributed by atoms with Crippen LogP contribution in [-0.4, -0.2) is 34.1 Å². The lowest BCUT2D eigenvalue weighted by molar-refractivity contribution is -0.137. The largest absolute Gasteiger partial charge is 0.481 e. The second-order valence-corrected chi connectivity index (χ2v) is 3.79. The van der Waals surface area contributed by atoms with Crippen molar-refractivity contribution < 1.29 is 9.90 Å². The van der Waals surface area contributed by atoms with Crippen LogP contribution in [0.15, 0.2) is 0 Å². The van der Waals surface area contributed by atoms with Gasteiger partial charge in [-0.05, 0) is 18.8 Å². The van der Waals surface area contributed by atoms with E-state index < -0.39 is 5.97 Å². The van der Waals surface area contributed by atoms with Gasteiger partial charge >= 0.3 is 5.97 Å². The van der Waals surface area contributed by atoms with Gasteiger partial charge in [-0.1, -0.05) is 32.1 Å². The Kier molecular flexibility index (Phi) is 7.76. The highest BCUT2D eigenvalue weighted by Gasteiger charge is 2.12. The van der Waals surface area contributed by atoms with Crippen LogP contribution in [0.4, 0.5) is 0 Å². The van der Waals surface area contributed by atoms with Crippen LogP contribution in [0.3, 0.4) is 0 Å². The van der Waals surface area contributed by atoms with Crippen LogP contribution < -0.4 is 0 Å². The summed E-state index contributed by atoms with van der Waals surface area (Å²) in [7, 11) is 0. The lowest BCUT2D eigenvalue weighted by Crippen LogP contribution is -2.06. The number of hydrogen-bond acceptors (Lipinski definition) is 1. The maximum Gasteiger partial charge on any atom is 0.303 e.